The largest absolute Gasteiger partial charge is 0.381 e. The summed E-state index contributed by atoms with van der Waals surface area (Å²) in [5, 5.41) is 1.07. The number of hydrogen-bond donors (Lipinski definition) is 0. The van der Waals surface area contributed by atoms with Crippen molar-refractivity contribution in [3.8, 4) is 0 Å². The molecule has 3 nitrogen and oxygen atoms in total. The molecule has 0 bridgehead atoms. The molecule has 2 heterocycles. The molecule has 19 heavy (non-hydrogen) atoms. The van der Waals surface area contributed by atoms with Crippen molar-refractivity contribution in [2.75, 3.05) is 38.2 Å². The maximum absolute atomic E-state index is 6.17. The van der Waals surface area contributed by atoms with Crippen LogP contribution in [0.3, 0.4) is 0 Å². The normalized spacial score (nSPS) is 30.2. The Morgan fingerprint density at radius 1 is 1.00 bits per heavy atom. The van der Waals surface area contributed by atoms with Crippen molar-refractivity contribution in [2.45, 2.75) is 51.7 Å². The standard InChI is InChI=1S/C15H28BrNO2/c1-13(2)10-17(11-14(3,4)19-13)12-15(9-16)5-7-18-8-6-15/h5-12H2,1-4H3. The van der Waals surface area contributed by atoms with Gasteiger partial charge < -0.3 is 9.47 Å². The molecular formula is C15H28BrNO2. The Morgan fingerprint density at radius 2 is 1.53 bits per heavy atom. The second kappa shape index (κ2) is 5.63. The Morgan fingerprint density at radius 3 is 2.00 bits per heavy atom. The average Bonchev–Trinajstić information content (AvgIpc) is 2.25. The highest BCUT2D eigenvalue weighted by atomic mass is 79.9. The summed E-state index contributed by atoms with van der Waals surface area (Å²) in [5.74, 6) is 0. The van der Waals surface area contributed by atoms with Gasteiger partial charge in [-0.25, -0.2) is 0 Å². The van der Waals surface area contributed by atoms with Crippen LogP contribution in [0.2, 0.25) is 0 Å². The molecule has 2 saturated heterocycles. The smallest absolute Gasteiger partial charge is 0.0760 e. The lowest BCUT2D eigenvalue weighted by atomic mass is 9.81. The minimum atomic E-state index is -0.0551. The van der Waals surface area contributed by atoms with Crippen molar-refractivity contribution in [1.82, 2.24) is 4.90 Å². The summed E-state index contributed by atoms with van der Waals surface area (Å²) in [6.45, 7) is 13.8. The van der Waals surface area contributed by atoms with E-state index in [1.54, 1.807) is 0 Å². The fourth-order valence-corrected chi connectivity index (χ4v) is 4.41. The first-order chi connectivity index (χ1) is 8.76. The maximum atomic E-state index is 6.17. The molecule has 0 aromatic rings. The first-order valence-electron chi connectivity index (χ1n) is 7.32. The van der Waals surface area contributed by atoms with E-state index in [0.717, 1.165) is 51.0 Å². The monoisotopic (exact) mass is 333 g/mol. The minimum Gasteiger partial charge on any atom is -0.381 e. The highest BCUT2D eigenvalue weighted by molar-refractivity contribution is 9.09. The van der Waals surface area contributed by atoms with E-state index in [1.807, 2.05) is 0 Å². The van der Waals surface area contributed by atoms with Gasteiger partial charge in [0, 0.05) is 38.2 Å². The summed E-state index contributed by atoms with van der Waals surface area (Å²) < 4.78 is 11.7. The van der Waals surface area contributed by atoms with E-state index >= 15 is 0 Å². The zero-order chi connectivity index (χ0) is 14.1. The quantitative estimate of drug-likeness (QED) is 0.741. The van der Waals surface area contributed by atoms with Gasteiger partial charge in [-0.3, -0.25) is 4.90 Å². The predicted molar refractivity (Wildman–Crippen MR) is 82.0 cm³/mol. The first-order valence-corrected chi connectivity index (χ1v) is 8.44. The number of nitrogens with zero attached hydrogens (tertiary/aromatic N) is 1. The lowest BCUT2D eigenvalue weighted by molar-refractivity contribution is -0.186. The third-order valence-corrected chi connectivity index (χ3v) is 5.35. The third kappa shape index (κ3) is 4.16. The van der Waals surface area contributed by atoms with Crippen LogP contribution in [0.1, 0.15) is 40.5 Å². The molecule has 0 spiro atoms. The van der Waals surface area contributed by atoms with Crippen molar-refractivity contribution in [3.05, 3.63) is 0 Å². The Hall–Kier alpha value is 0.360. The van der Waals surface area contributed by atoms with Gasteiger partial charge in [0.15, 0.2) is 0 Å². The van der Waals surface area contributed by atoms with E-state index in [1.165, 1.54) is 0 Å². The summed E-state index contributed by atoms with van der Waals surface area (Å²) in [4.78, 5) is 2.59. The van der Waals surface area contributed by atoms with Crippen LogP contribution in [-0.4, -0.2) is 54.3 Å². The molecule has 0 aliphatic carbocycles. The van der Waals surface area contributed by atoms with Crippen molar-refractivity contribution in [2.24, 2.45) is 5.41 Å². The van der Waals surface area contributed by atoms with Gasteiger partial charge in [-0.05, 0) is 46.0 Å². The van der Waals surface area contributed by atoms with Crippen LogP contribution in [-0.2, 0) is 9.47 Å². The molecule has 0 atom stereocenters. The highest BCUT2D eigenvalue weighted by Gasteiger charge is 2.41. The SMILES string of the molecule is CC1(C)CN(CC2(CBr)CCOCC2)CC(C)(C)O1. The second-order valence-corrected chi connectivity index (χ2v) is 8.07. The van der Waals surface area contributed by atoms with Gasteiger partial charge in [-0.2, -0.15) is 0 Å². The first kappa shape index (κ1) is 15.7. The molecule has 0 aromatic heterocycles. The van der Waals surface area contributed by atoms with E-state index in [-0.39, 0.29) is 11.2 Å². The molecule has 4 heteroatoms. The number of rotatable bonds is 3. The van der Waals surface area contributed by atoms with E-state index in [4.69, 9.17) is 9.47 Å². The summed E-state index contributed by atoms with van der Waals surface area (Å²) in [6, 6.07) is 0. The van der Waals surface area contributed by atoms with Gasteiger partial charge in [0.25, 0.3) is 0 Å². The summed E-state index contributed by atoms with van der Waals surface area (Å²) in [6.07, 6.45) is 2.33. The summed E-state index contributed by atoms with van der Waals surface area (Å²) in [7, 11) is 0. The summed E-state index contributed by atoms with van der Waals surface area (Å²) in [5.41, 5.74) is 0.266. The molecule has 2 aliphatic heterocycles. The third-order valence-electron chi connectivity index (χ3n) is 4.16. The van der Waals surface area contributed by atoms with E-state index in [2.05, 4.69) is 48.5 Å². The molecule has 112 valence electrons. The molecule has 2 rings (SSSR count). The Bertz CT molecular complexity index is 295. The average molecular weight is 334 g/mol. The van der Waals surface area contributed by atoms with Crippen LogP contribution in [0, 0.1) is 5.41 Å². The van der Waals surface area contributed by atoms with Crippen molar-refractivity contribution < 1.29 is 9.47 Å². The van der Waals surface area contributed by atoms with Gasteiger partial charge in [0.1, 0.15) is 0 Å². The van der Waals surface area contributed by atoms with Crippen LogP contribution in [0.15, 0.2) is 0 Å². The van der Waals surface area contributed by atoms with Crippen molar-refractivity contribution in [1.29, 1.82) is 0 Å². The van der Waals surface area contributed by atoms with E-state index in [9.17, 15) is 0 Å². The van der Waals surface area contributed by atoms with Crippen molar-refractivity contribution in [3.63, 3.8) is 0 Å². The lowest BCUT2D eigenvalue weighted by Gasteiger charge is -2.50. The number of alkyl halides is 1. The predicted octanol–water partition coefficient (Wildman–Crippen LogP) is 3.07. The molecule has 2 fully saturated rings. The van der Waals surface area contributed by atoms with Gasteiger partial charge in [-0.15, -0.1) is 0 Å². The molecule has 0 saturated carbocycles. The fourth-order valence-electron chi connectivity index (χ4n) is 3.67. The van der Waals surface area contributed by atoms with Crippen molar-refractivity contribution >= 4 is 15.9 Å². The minimum absolute atomic E-state index is 0.0551. The number of halogens is 1. The zero-order valence-corrected chi connectivity index (χ0v) is 14.4. The van der Waals surface area contributed by atoms with Crippen LogP contribution in [0.25, 0.3) is 0 Å². The molecule has 0 N–H and O–H groups in total. The molecule has 2 aliphatic rings. The van der Waals surface area contributed by atoms with Crippen LogP contribution < -0.4 is 0 Å². The number of morpholine rings is 1. The topological polar surface area (TPSA) is 21.7 Å². The van der Waals surface area contributed by atoms with Gasteiger partial charge in [0.05, 0.1) is 11.2 Å². The Kier molecular flexibility index (Phi) is 4.66. The lowest BCUT2D eigenvalue weighted by Crippen LogP contribution is -2.59. The zero-order valence-electron chi connectivity index (χ0n) is 12.8. The number of ether oxygens (including phenoxy) is 2. The molecule has 0 radical (unpaired) electrons. The van der Waals surface area contributed by atoms with Gasteiger partial charge in [-0.1, -0.05) is 15.9 Å². The van der Waals surface area contributed by atoms with Gasteiger partial charge >= 0.3 is 0 Å². The van der Waals surface area contributed by atoms with Crippen LogP contribution in [0.5, 0.6) is 0 Å². The Labute approximate surface area is 126 Å². The molecule has 0 unspecified atom stereocenters. The van der Waals surface area contributed by atoms with E-state index in [0.29, 0.717) is 5.41 Å². The highest BCUT2D eigenvalue weighted by Crippen LogP contribution is 2.36. The van der Waals surface area contributed by atoms with Crippen LogP contribution >= 0.6 is 15.9 Å². The molecule has 0 amide bonds. The fraction of sp³-hybridized carbons (Fsp3) is 1.00. The van der Waals surface area contributed by atoms with E-state index < -0.39 is 0 Å². The Balaban J connectivity index is 2.04. The molecule has 0 aromatic carbocycles. The molecular weight excluding hydrogens is 306 g/mol. The number of hydrogen-bond acceptors (Lipinski definition) is 3. The van der Waals surface area contributed by atoms with Crippen LogP contribution in [0.4, 0.5) is 0 Å². The second-order valence-electron chi connectivity index (χ2n) is 7.51. The van der Waals surface area contributed by atoms with Gasteiger partial charge in [0.2, 0.25) is 0 Å². The summed E-state index contributed by atoms with van der Waals surface area (Å²) >= 11 is 3.74. The maximum Gasteiger partial charge on any atom is 0.0760 e.